The van der Waals surface area contributed by atoms with Crippen molar-refractivity contribution < 1.29 is 4.79 Å². The molecule has 13 heavy (non-hydrogen) atoms. The number of carbonyl (C=O) groups is 1. The van der Waals surface area contributed by atoms with Gasteiger partial charge in [-0.15, -0.1) is 0 Å². The number of amides is 1. The van der Waals surface area contributed by atoms with E-state index in [1.54, 1.807) is 6.07 Å². The maximum absolute atomic E-state index is 11.1. The highest BCUT2D eigenvalue weighted by atomic mass is 16.1. The molecule has 0 aliphatic heterocycles. The summed E-state index contributed by atoms with van der Waals surface area (Å²) in [6.07, 6.45) is 1.81. The molecule has 0 unspecified atom stereocenters. The SMILES string of the molecule is CCCc1cccc(N)c1C(N)=O. The zero-order chi connectivity index (χ0) is 9.84. The maximum atomic E-state index is 11.1. The second kappa shape index (κ2) is 3.94. The fraction of sp³-hybridized carbons (Fsp3) is 0.300. The summed E-state index contributed by atoms with van der Waals surface area (Å²) >= 11 is 0. The van der Waals surface area contributed by atoms with E-state index >= 15 is 0 Å². The quantitative estimate of drug-likeness (QED) is 0.685. The summed E-state index contributed by atoms with van der Waals surface area (Å²) in [7, 11) is 0. The van der Waals surface area contributed by atoms with Crippen LogP contribution in [0.3, 0.4) is 0 Å². The van der Waals surface area contributed by atoms with Gasteiger partial charge in [-0.25, -0.2) is 0 Å². The Kier molecular flexibility index (Phi) is 2.90. The molecule has 0 spiro atoms. The van der Waals surface area contributed by atoms with Crippen molar-refractivity contribution in [3.63, 3.8) is 0 Å². The van der Waals surface area contributed by atoms with Crippen LogP contribution in [0.2, 0.25) is 0 Å². The van der Waals surface area contributed by atoms with Gasteiger partial charge >= 0.3 is 0 Å². The molecule has 3 heteroatoms. The summed E-state index contributed by atoms with van der Waals surface area (Å²) in [6, 6.07) is 5.42. The topological polar surface area (TPSA) is 69.1 Å². The Morgan fingerprint density at radius 3 is 2.69 bits per heavy atom. The zero-order valence-electron chi connectivity index (χ0n) is 7.71. The van der Waals surface area contributed by atoms with E-state index in [1.807, 2.05) is 19.1 Å². The molecular formula is C10H14N2O. The third-order valence-electron chi connectivity index (χ3n) is 1.95. The molecule has 1 rings (SSSR count). The van der Waals surface area contributed by atoms with Crippen molar-refractivity contribution in [3.8, 4) is 0 Å². The van der Waals surface area contributed by atoms with E-state index < -0.39 is 5.91 Å². The second-order valence-corrected chi connectivity index (χ2v) is 3.00. The summed E-state index contributed by atoms with van der Waals surface area (Å²) in [5, 5.41) is 0. The van der Waals surface area contributed by atoms with Crippen LogP contribution in [0.1, 0.15) is 29.3 Å². The number of nitrogen functional groups attached to an aromatic ring is 1. The van der Waals surface area contributed by atoms with Crippen molar-refractivity contribution in [1.29, 1.82) is 0 Å². The minimum Gasteiger partial charge on any atom is -0.398 e. The molecular weight excluding hydrogens is 164 g/mol. The van der Waals surface area contributed by atoms with Gasteiger partial charge in [0.1, 0.15) is 0 Å². The van der Waals surface area contributed by atoms with Crippen LogP contribution in [-0.4, -0.2) is 5.91 Å². The number of hydrogen-bond acceptors (Lipinski definition) is 2. The van der Waals surface area contributed by atoms with Gasteiger partial charge in [0.25, 0.3) is 5.91 Å². The van der Waals surface area contributed by atoms with Crippen molar-refractivity contribution in [2.75, 3.05) is 5.73 Å². The van der Waals surface area contributed by atoms with Crippen LogP contribution >= 0.6 is 0 Å². The zero-order valence-corrected chi connectivity index (χ0v) is 7.71. The monoisotopic (exact) mass is 178 g/mol. The van der Waals surface area contributed by atoms with Crippen molar-refractivity contribution in [2.45, 2.75) is 19.8 Å². The summed E-state index contributed by atoms with van der Waals surface area (Å²) in [5.74, 6) is -0.443. The van der Waals surface area contributed by atoms with Gasteiger partial charge < -0.3 is 11.5 Å². The molecule has 0 atom stereocenters. The lowest BCUT2D eigenvalue weighted by atomic mass is 10.0. The molecule has 3 nitrogen and oxygen atoms in total. The standard InChI is InChI=1S/C10H14N2O/c1-2-4-7-5-3-6-8(11)9(7)10(12)13/h3,5-6H,2,4,11H2,1H3,(H2,12,13). The predicted octanol–water partition coefficient (Wildman–Crippen LogP) is 1.32. The number of aryl methyl sites for hydroxylation is 1. The van der Waals surface area contributed by atoms with E-state index in [1.165, 1.54) is 0 Å². The molecule has 70 valence electrons. The third kappa shape index (κ3) is 1.99. The first-order chi connectivity index (χ1) is 6.16. The van der Waals surface area contributed by atoms with Crippen molar-refractivity contribution in [3.05, 3.63) is 29.3 Å². The first-order valence-electron chi connectivity index (χ1n) is 4.34. The summed E-state index contributed by atoms with van der Waals surface area (Å²) in [4.78, 5) is 11.1. The molecule has 1 amide bonds. The van der Waals surface area contributed by atoms with Crippen LogP contribution in [0.4, 0.5) is 5.69 Å². The Hall–Kier alpha value is -1.51. The van der Waals surface area contributed by atoms with Crippen LogP contribution in [0.25, 0.3) is 0 Å². The molecule has 4 N–H and O–H groups in total. The predicted molar refractivity (Wildman–Crippen MR) is 53.4 cm³/mol. The van der Waals surface area contributed by atoms with Crippen molar-refractivity contribution >= 4 is 11.6 Å². The molecule has 0 saturated carbocycles. The number of nitrogens with two attached hydrogens (primary N) is 2. The van der Waals surface area contributed by atoms with Crippen LogP contribution in [0, 0.1) is 0 Å². The van der Waals surface area contributed by atoms with Crippen molar-refractivity contribution in [2.24, 2.45) is 5.73 Å². The Labute approximate surface area is 77.7 Å². The van der Waals surface area contributed by atoms with E-state index in [0.717, 1.165) is 18.4 Å². The lowest BCUT2D eigenvalue weighted by Gasteiger charge is -2.07. The van der Waals surface area contributed by atoms with Gasteiger partial charge in [0, 0.05) is 5.69 Å². The Morgan fingerprint density at radius 1 is 1.46 bits per heavy atom. The molecule has 1 aromatic rings. The molecule has 0 heterocycles. The molecule has 0 radical (unpaired) electrons. The number of rotatable bonds is 3. The number of carbonyl (C=O) groups excluding carboxylic acids is 1. The lowest BCUT2D eigenvalue weighted by Crippen LogP contribution is -2.16. The van der Waals surface area contributed by atoms with Crippen LogP contribution < -0.4 is 11.5 Å². The lowest BCUT2D eigenvalue weighted by molar-refractivity contribution is 0.100. The summed E-state index contributed by atoms with van der Waals surface area (Å²) in [6.45, 7) is 2.05. The van der Waals surface area contributed by atoms with Gasteiger partial charge in [-0.3, -0.25) is 4.79 Å². The Morgan fingerprint density at radius 2 is 2.15 bits per heavy atom. The maximum Gasteiger partial charge on any atom is 0.251 e. The highest BCUT2D eigenvalue weighted by Gasteiger charge is 2.10. The number of hydrogen-bond donors (Lipinski definition) is 2. The first kappa shape index (κ1) is 9.58. The van der Waals surface area contributed by atoms with Gasteiger partial charge in [-0.1, -0.05) is 25.5 Å². The first-order valence-corrected chi connectivity index (χ1v) is 4.34. The number of benzene rings is 1. The Balaban J connectivity index is 3.17. The molecule has 0 aromatic heterocycles. The van der Waals surface area contributed by atoms with Gasteiger partial charge in [-0.05, 0) is 18.1 Å². The van der Waals surface area contributed by atoms with E-state index in [0.29, 0.717) is 11.3 Å². The van der Waals surface area contributed by atoms with Crippen molar-refractivity contribution in [1.82, 2.24) is 0 Å². The van der Waals surface area contributed by atoms with Crippen LogP contribution in [-0.2, 0) is 6.42 Å². The van der Waals surface area contributed by atoms with Gasteiger partial charge in [-0.2, -0.15) is 0 Å². The third-order valence-corrected chi connectivity index (χ3v) is 1.95. The Bertz CT molecular complexity index is 321. The minimum absolute atomic E-state index is 0.443. The van der Waals surface area contributed by atoms with E-state index in [2.05, 4.69) is 0 Å². The molecule has 0 fully saturated rings. The molecule has 1 aromatic carbocycles. The highest BCUT2D eigenvalue weighted by molar-refractivity contribution is 5.99. The fourth-order valence-corrected chi connectivity index (χ4v) is 1.40. The average Bonchev–Trinajstić information content (AvgIpc) is 2.04. The van der Waals surface area contributed by atoms with Gasteiger partial charge in [0.15, 0.2) is 0 Å². The average molecular weight is 178 g/mol. The minimum atomic E-state index is -0.443. The van der Waals surface area contributed by atoms with Gasteiger partial charge in [0.2, 0.25) is 0 Å². The van der Waals surface area contributed by atoms with E-state index in [4.69, 9.17) is 11.5 Å². The summed E-state index contributed by atoms with van der Waals surface area (Å²) in [5.41, 5.74) is 12.8. The molecule has 0 bridgehead atoms. The fourth-order valence-electron chi connectivity index (χ4n) is 1.40. The largest absolute Gasteiger partial charge is 0.398 e. The normalized spacial score (nSPS) is 9.92. The number of primary amides is 1. The van der Waals surface area contributed by atoms with Crippen LogP contribution in [0.5, 0.6) is 0 Å². The number of anilines is 1. The second-order valence-electron chi connectivity index (χ2n) is 3.00. The van der Waals surface area contributed by atoms with Crippen LogP contribution in [0.15, 0.2) is 18.2 Å². The highest BCUT2D eigenvalue weighted by Crippen LogP contribution is 2.17. The smallest absolute Gasteiger partial charge is 0.251 e. The molecule has 0 aliphatic carbocycles. The molecule has 0 aliphatic rings. The molecule has 0 saturated heterocycles. The van der Waals surface area contributed by atoms with E-state index in [-0.39, 0.29) is 0 Å². The van der Waals surface area contributed by atoms with Gasteiger partial charge in [0.05, 0.1) is 5.56 Å². The van der Waals surface area contributed by atoms with E-state index in [9.17, 15) is 4.79 Å². The summed E-state index contributed by atoms with van der Waals surface area (Å²) < 4.78 is 0.